The van der Waals surface area contributed by atoms with Crippen molar-refractivity contribution >= 4 is 17.9 Å². The van der Waals surface area contributed by atoms with Gasteiger partial charge in [0.1, 0.15) is 13.2 Å². The number of carbonyl (C=O) groups excluding carboxylic acids is 3. The van der Waals surface area contributed by atoms with Crippen LogP contribution in [0.25, 0.3) is 0 Å². The van der Waals surface area contributed by atoms with E-state index in [0.29, 0.717) is 19.3 Å². The van der Waals surface area contributed by atoms with Crippen LogP contribution in [0.3, 0.4) is 0 Å². The van der Waals surface area contributed by atoms with E-state index in [1.165, 1.54) is 173 Å². The summed E-state index contributed by atoms with van der Waals surface area (Å²) >= 11 is 0. The van der Waals surface area contributed by atoms with Crippen molar-refractivity contribution in [1.82, 2.24) is 0 Å². The number of ether oxygens (including phenoxy) is 3. The molecule has 0 N–H and O–H groups in total. The largest absolute Gasteiger partial charge is 0.462 e. The molecule has 0 aliphatic rings. The molecule has 1 atom stereocenters. The Kier molecular flexibility index (Phi) is 59.8. The highest BCUT2D eigenvalue weighted by molar-refractivity contribution is 5.71. The first-order valence-corrected chi connectivity index (χ1v) is 31.7. The first kappa shape index (κ1) is 71.3. The summed E-state index contributed by atoms with van der Waals surface area (Å²) < 4.78 is 16.9. The van der Waals surface area contributed by atoms with Gasteiger partial charge in [0.15, 0.2) is 6.10 Å². The minimum atomic E-state index is -0.820. The lowest BCUT2D eigenvalue weighted by Crippen LogP contribution is -2.30. The van der Waals surface area contributed by atoms with Crippen molar-refractivity contribution in [2.75, 3.05) is 13.2 Å². The van der Waals surface area contributed by atoms with E-state index in [1.807, 2.05) is 6.08 Å². The quantitative estimate of drug-likeness (QED) is 0.0261. The molecule has 6 heteroatoms. The lowest BCUT2D eigenvalue weighted by molar-refractivity contribution is -0.166. The van der Waals surface area contributed by atoms with Gasteiger partial charge in [-0.15, -0.1) is 0 Å². The maximum atomic E-state index is 12.9. The third-order valence-electron chi connectivity index (χ3n) is 13.6. The molecule has 0 unspecified atom stereocenters. The molecule has 0 rings (SSSR count). The standard InChI is InChI=1S/C69H118O6/c1-4-7-10-13-16-19-22-25-28-31-34-37-40-43-46-49-52-55-58-61-67(70)73-64-66(75-69(72)63-60-57-54-51-48-45-42-39-36-33-30-27-24-21-18-15-12-9-6-3)65-74-68(71)62-59-56-53-50-47-44-41-38-35-32-29-26-23-20-17-14-11-8-5-2/h9,12,16,18-19,21,25,27-28,30,36,39,45,48,54,57,66H,4-8,10-11,13-15,17,20,22-24,26,29,31-35,37-38,40-44,46-47,49-53,55-56,58-65H2,1-3H3/b12-9-,19-16-,21-18-,28-25-,30-27-,39-36-,48-45-,57-54-/t66-/m1/s1. The van der Waals surface area contributed by atoms with Gasteiger partial charge >= 0.3 is 17.9 Å². The molecule has 0 aliphatic heterocycles. The van der Waals surface area contributed by atoms with Crippen molar-refractivity contribution in [2.45, 2.75) is 309 Å². The summed E-state index contributed by atoms with van der Waals surface area (Å²) in [5, 5.41) is 0. The summed E-state index contributed by atoms with van der Waals surface area (Å²) in [6, 6.07) is 0. The third-order valence-corrected chi connectivity index (χ3v) is 13.6. The summed E-state index contributed by atoms with van der Waals surface area (Å²) in [6.07, 6.45) is 84.2. The van der Waals surface area contributed by atoms with Crippen LogP contribution in [0.15, 0.2) is 97.2 Å². The molecule has 0 aromatic heterocycles. The van der Waals surface area contributed by atoms with Crippen LogP contribution in [-0.2, 0) is 28.6 Å². The van der Waals surface area contributed by atoms with Crippen molar-refractivity contribution in [3.05, 3.63) is 97.2 Å². The van der Waals surface area contributed by atoms with Gasteiger partial charge < -0.3 is 14.2 Å². The average Bonchev–Trinajstić information content (AvgIpc) is 3.41. The van der Waals surface area contributed by atoms with Crippen LogP contribution in [0, 0.1) is 0 Å². The highest BCUT2D eigenvalue weighted by Crippen LogP contribution is 2.16. The number of allylic oxidation sites excluding steroid dienone is 16. The lowest BCUT2D eigenvalue weighted by atomic mass is 10.0. The van der Waals surface area contributed by atoms with Crippen LogP contribution in [0.1, 0.15) is 303 Å². The molecular formula is C69H118O6. The fraction of sp³-hybridized carbons (Fsp3) is 0.725. The number of hydrogen-bond donors (Lipinski definition) is 0. The Morgan fingerprint density at radius 2 is 0.547 bits per heavy atom. The van der Waals surface area contributed by atoms with E-state index in [-0.39, 0.29) is 31.6 Å². The molecule has 0 heterocycles. The average molecular weight is 1040 g/mol. The fourth-order valence-electron chi connectivity index (χ4n) is 8.85. The second-order valence-corrected chi connectivity index (χ2v) is 20.9. The van der Waals surface area contributed by atoms with Gasteiger partial charge in [0.2, 0.25) is 0 Å². The fourth-order valence-corrected chi connectivity index (χ4v) is 8.85. The molecule has 0 aromatic rings. The number of carbonyl (C=O) groups is 3. The molecule has 0 saturated heterocycles. The molecular weight excluding hydrogens is 925 g/mol. The number of esters is 3. The predicted octanol–water partition coefficient (Wildman–Crippen LogP) is 21.7. The van der Waals surface area contributed by atoms with Gasteiger partial charge in [0.05, 0.1) is 0 Å². The zero-order valence-corrected chi connectivity index (χ0v) is 49.3. The lowest BCUT2D eigenvalue weighted by Gasteiger charge is -2.18. The Labute approximate surface area is 464 Å². The second-order valence-electron chi connectivity index (χ2n) is 20.9. The van der Waals surface area contributed by atoms with E-state index >= 15 is 0 Å². The molecule has 0 saturated carbocycles. The summed E-state index contributed by atoms with van der Waals surface area (Å²) in [7, 11) is 0. The van der Waals surface area contributed by atoms with Crippen LogP contribution in [0.2, 0.25) is 0 Å². The van der Waals surface area contributed by atoms with E-state index in [9.17, 15) is 14.4 Å². The molecule has 0 bridgehead atoms. The molecule has 0 aliphatic carbocycles. The van der Waals surface area contributed by atoms with Crippen LogP contribution < -0.4 is 0 Å². The monoisotopic (exact) mass is 1040 g/mol. The molecule has 0 fully saturated rings. The van der Waals surface area contributed by atoms with Crippen molar-refractivity contribution < 1.29 is 28.6 Å². The Morgan fingerprint density at radius 3 is 0.893 bits per heavy atom. The maximum Gasteiger partial charge on any atom is 0.306 e. The minimum Gasteiger partial charge on any atom is -0.462 e. The highest BCUT2D eigenvalue weighted by Gasteiger charge is 2.19. The summed E-state index contributed by atoms with van der Waals surface area (Å²) in [5.41, 5.74) is 0. The van der Waals surface area contributed by atoms with Gasteiger partial charge in [-0.05, 0) is 89.9 Å². The molecule has 430 valence electrons. The van der Waals surface area contributed by atoms with Crippen LogP contribution >= 0.6 is 0 Å². The Balaban J connectivity index is 4.47. The highest BCUT2D eigenvalue weighted by atomic mass is 16.6. The first-order valence-electron chi connectivity index (χ1n) is 31.7. The van der Waals surface area contributed by atoms with Gasteiger partial charge in [-0.1, -0.05) is 291 Å². The van der Waals surface area contributed by atoms with Crippen LogP contribution in [0.4, 0.5) is 0 Å². The molecule has 0 spiro atoms. The summed E-state index contributed by atoms with van der Waals surface area (Å²) in [4.78, 5) is 38.3. The van der Waals surface area contributed by atoms with Crippen molar-refractivity contribution in [2.24, 2.45) is 0 Å². The Morgan fingerprint density at radius 1 is 0.280 bits per heavy atom. The van der Waals surface area contributed by atoms with Crippen molar-refractivity contribution in [1.29, 1.82) is 0 Å². The molecule has 0 aromatic carbocycles. The smallest absolute Gasteiger partial charge is 0.306 e. The van der Waals surface area contributed by atoms with Gasteiger partial charge in [-0.3, -0.25) is 14.4 Å². The van der Waals surface area contributed by atoms with Crippen LogP contribution in [-0.4, -0.2) is 37.2 Å². The first-order chi connectivity index (χ1) is 37.0. The topological polar surface area (TPSA) is 78.9 Å². The van der Waals surface area contributed by atoms with Crippen LogP contribution in [0.5, 0.6) is 0 Å². The summed E-state index contributed by atoms with van der Waals surface area (Å²) in [5.74, 6) is -0.985. The zero-order chi connectivity index (χ0) is 54.3. The maximum absolute atomic E-state index is 12.9. The number of rotatable bonds is 57. The predicted molar refractivity (Wildman–Crippen MR) is 325 cm³/mol. The van der Waals surface area contributed by atoms with E-state index in [4.69, 9.17) is 14.2 Å². The third kappa shape index (κ3) is 61.1. The van der Waals surface area contributed by atoms with E-state index in [0.717, 1.165) is 83.5 Å². The van der Waals surface area contributed by atoms with Crippen molar-refractivity contribution in [3.8, 4) is 0 Å². The second kappa shape index (κ2) is 62.9. The summed E-state index contributed by atoms with van der Waals surface area (Å²) in [6.45, 7) is 6.47. The number of unbranched alkanes of at least 4 members (excludes halogenated alkanes) is 30. The molecule has 0 radical (unpaired) electrons. The molecule has 0 amide bonds. The SMILES string of the molecule is CC/C=C\C/C=C\C/C=C\C/C=C\C/C=C\C/C=C\CCC(=O)O[C@H](COC(=O)CCCCCCCCCCC/C=C\C/C=C\CCCCC)COC(=O)CCCCCCCCCCCCCCCCCCCCC. The van der Waals surface area contributed by atoms with Gasteiger partial charge in [-0.25, -0.2) is 0 Å². The Hall–Kier alpha value is -3.67. The normalized spacial score (nSPS) is 12.7. The molecule has 75 heavy (non-hydrogen) atoms. The molecule has 6 nitrogen and oxygen atoms in total. The minimum absolute atomic E-state index is 0.107. The zero-order valence-electron chi connectivity index (χ0n) is 49.3. The van der Waals surface area contributed by atoms with E-state index in [1.54, 1.807) is 0 Å². The number of hydrogen-bond acceptors (Lipinski definition) is 6. The van der Waals surface area contributed by atoms with Crippen molar-refractivity contribution in [3.63, 3.8) is 0 Å². The van der Waals surface area contributed by atoms with E-state index in [2.05, 4.69) is 112 Å². The van der Waals surface area contributed by atoms with Gasteiger partial charge in [0.25, 0.3) is 0 Å². The van der Waals surface area contributed by atoms with E-state index < -0.39 is 12.1 Å². The van der Waals surface area contributed by atoms with Gasteiger partial charge in [-0.2, -0.15) is 0 Å². The Bertz CT molecular complexity index is 1480. The van der Waals surface area contributed by atoms with Gasteiger partial charge in [0, 0.05) is 19.3 Å².